The zero-order valence-electron chi connectivity index (χ0n) is 23.0. The van der Waals surface area contributed by atoms with Crippen LogP contribution >= 0.6 is 58.2 Å². The molecule has 2 heterocycles. The first kappa shape index (κ1) is 33.2. The summed E-state index contributed by atoms with van der Waals surface area (Å²) in [6.45, 7) is 1.86. The average Bonchev–Trinajstić information content (AvgIpc) is 3.00. The van der Waals surface area contributed by atoms with Crippen molar-refractivity contribution in [2.45, 2.75) is 35.5 Å². The third-order valence-corrected chi connectivity index (χ3v) is 10.7. The Morgan fingerprint density at radius 3 is 1.30 bits per heavy atom. The van der Waals surface area contributed by atoms with E-state index in [1.165, 1.54) is 23.9 Å². The number of primary amides is 2. The quantitative estimate of drug-likeness (QED) is 0.334. The Bertz CT molecular complexity index is 1370. The molecule has 2 saturated heterocycles. The van der Waals surface area contributed by atoms with Crippen molar-refractivity contribution in [3.63, 3.8) is 0 Å². The normalized spacial score (nSPS) is 16.7. The van der Waals surface area contributed by atoms with Gasteiger partial charge in [0.05, 0.1) is 20.1 Å². The van der Waals surface area contributed by atoms with Crippen molar-refractivity contribution in [3.05, 3.63) is 67.6 Å². The summed E-state index contributed by atoms with van der Waals surface area (Å²) in [6, 6.07) is 7.06. The lowest BCUT2D eigenvalue weighted by atomic mass is 9.96. The number of halogens is 4. The van der Waals surface area contributed by atoms with E-state index in [9.17, 15) is 19.2 Å². The van der Waals surface area contributed by atoms with E-state index in [0.717, 1.165) is 0 Å². The number of carbonyl (C=O) groups is 4. The van der Waals surface area contributed by atoms with Crippen LogP contribution in [0.3, 0.4) is 0 Å². The number of hydrogen-bond donors (Lipinski definition) is 2. The standard InChI is InChI=1S/C30H30Cl4N4O4S/c31-25-17(3-7-23(39)37-13-9-19(10-14-37)29(35)41)1-5-21(27(25)33)43-22-6-2-18(26(32)28(22)34)4-8-24(40)38-15-11-20(12-16-38)30(36)42/h1-8,19-20H,9-16H2,(H2,35,41)(H2,36,42)/b7-3+,8-4+. The van der Waals surface area contributed by atoms with Gasteiger partial charge in [-0.3, -0.25) is 19.2 Å². The lowest BCUT2D eigenvalue weighted by Crippen LogP contribution is -2.41. The highest BCUT2D eigenvalue weighted by molar-refractivity contribution is 7.99. The molecule has 2 aromatic rings. The number of hydrogen-bond acceptors (Lipinski definition) is 5. The Hall–Kier alpha value is -2.69. The first-order valence-corrected chi connectivity index (χ1v) is 16.0. The second kappa shape index (κ2) is 14.9. The smallest absolute Gasteiger partial charge is 0.246 e. The second-order valence-corrected chi connectivity index (χ2v) is 12.9. The van der Waals surface area contributed by atoms with Crippen molar-refractivity contribution in [1.82, 2.24) is 9.80 Å². The summed E-state index contributed by atoms with van der Waals surface area (Å²) in [5.74, 6) is -1.42. The Morgan fingerprint density at radius 2 is 0.977 bits per heavy atom. The fourth-order valence-corrected chi connectivity index (χ4v) is 6.96. The topological polar surface area (TPSA) is 127 Å². The molecule has 0 bridgehead atoms. The molecule has 0 aliphatic carbocycles. The summed E-state index contributed by atoms with van der Waals surface area (Å²) < 4.78 is 0. The van der Waals surface area contributed by atoms with E-state index in [1.807, 2.05) is 0 Å². The van der Waals surface area contributed by atoms with Crippen LogP contribution in [0.5, 0.6) is 0 Å². The number of rotatable bonds is 8. The third-order valence-electron chi connectivity index (χ3n) is 7.60. The highest BCUT2D eigenvalue weighted by Crippen LogP contribution is 2.44. The molecule has 13 heteroatoms. The Morgan fingerprint density at radius 1 is 0.628 bits per heavy atom. The van der Waals surface area contributed by atoms with Crippen LogP contribution in [-0.2, 0) is 19.2 Å². The van der Waals surface area contributed by atoms with Crippen LogP contribution in [0.4, 0.5) is 0 Å². The van der Waals surface area contributed by atoms with Crippen molar-refractivity contribution >= 4 is 93.9 Å². The molecular weight excluding hydrogens is 654 g/mol. The highest BCUT2D eigenvalue weighted by atomic mass is 35.5. The summed E-state index contributed by atoms with van der Waals surface area (Å²) >= 11 is 27.5. The minimum absolute atomic E-state index is 0.182. The average molecular weight is 684 g/mol. The lowest BCUT2D eigenvalue weighted by Gasteiger charge is -2.29. The van der Waals surface area contributed by atoms with Crippen LogP contribution in [0.25, 0.3) is 12.2 Å². The predicted molar refractivity (Wildman–Crippen MR) is 172 cm³/mol. The number of likely N-dealkylation sites (tertiary alicyclic amines) is 2. The van der Waals surface area contributed by atoms with Gasteiger partial charge in [0.25, 0.3) is 0 Å². The van der Waals surface area contributed by atoms with Crippen LogP contribution in [0.15, 0.2) is 46.2 Å². The molecule has 4 rings (SSSR count). The maximum Gasteiger partial charge on any atom is 0.246 e. The molecule has 228 valence electrons. The SMILES string of the molecule is NC(=O)C1CCN(C(=O)/C=C/c2ccc(Sc3ccc(/C=C/C(=O)N4CCC(C(N)=O)CC4)c(Cl)c3Cl)c(Cl)c2Cl)CC1. The van der Waals surface area contributed by atoms with Crippen LogP contribution < -0.4 is 11.5 Å². The maximum absolute atomic E-state index is 12.6. The lowest BCUT2D eigenvalue weighted by molar-refractivity contribution is -0.130. The summed E-state index contributed by atoms with van der Waals surface area (Å²) in [4.78, 5) is 52.6. The van der Waals surface area contributed by atoms with E-state index < -0.39 is 0 Å². The molecule has 0 aromatic heterocycles. The molecule has 0 saturated carbocycles. The van der Waals surface area contributed by atoms with Crippen LogP contribution in [-0.4, -0.2) is 59.6 Å². The molecule has 43 heavy (non-hydrogen) atoms. The summed E-state index contributed by atoms with van der Waals surface area (Å²) in [6.07, 6.45) is 8.29. The van der Waals surface area contributed by atoms with Gasteiger partial charge in [0.2, 0.25) is 23.6 Å². The van der Waals surface area contributed by atoms with E-state index in [4.69, 9.17) is 57.9 Å². The van der Waals surface area contributed by atoms with Gasteiger partial charge in [0.1, 0.15) is 0 Å². The number of nitrogens with zero attached hydrogens (tertiary/aromatic N) is 2. The van der Waals surface area contributed by atoms with Gasteiger partial charge in [-0.25, -0.2) is 0 Å². The summed E-state index contributed by atoms with van der Waals surface area (Å²) in [7, 11) is 0. The zero-order chi connectivity index (χ0) is 31.3. The molecule has 0 atom stereocenters. The van der Waals surface area contributed by atoms with Crippen LogP contribution in [0, 0.1) is 11.8 Å². The first-order chi connectivity index (χ1) is 20.5. The number of amides is 4. The zero-order valence-corrected chi connectivity index (χ0v) is 26.9. The molecule has 0 radical (unpaired) electrons. The van der Waals surface area contributed by atoms with E-state index in [1.54, 1.807) is 46.2 Å². The van der Waals surface area contributed by atoms with Gasteiger partial charge in [0.15, 0.2) is 0 Å². The van der Waals surface area contributed by atoms with E-state index in [-0.39, 0.29) is 45.5 Å². The second-order valence-electron chi connectivity index (χ2n) is 10.3. The fourth-order valence-electron chi connectivity index (χ4n) is 4.93. The molecule has 4 amide bonds. The van der Waals surface area contributed by atoms with E-state index in [0.29, 0.717) is 82.8 Å². The van der Waals surface area contributed by atoms with Gasteiger partial charge in [-0.05, 0) is 61.1 Å². The molecule has 2 fully saturated rings. The molecule has 2 aliphatic rings. The van der Waals surface area contributed by atoms with Crippen LogP contribution in [0.2, 0.25) is 20.1 Å². The molecular formula is C30H30Cl4N4O4S. The maximum atomic E-state index is 12.6. The number of carbonyl (C=O) groups excluding carboxylic acids is 4. The minimum Gasteiger partial charge on any atom is -0.369 e. The van der Waals surface area contributed by atoms with Crippen molar-refractivity contribution in [1.29, 1.82) is 0 Å². The highest BCUT2D eigenvalue weighted by Gasteiger charge is 2.26. The van der Waals surface area contributed by atoms with Gasteiger partial charge in [-0.15, -0.1) is 0 Å². The molecule has 4 N–H and O–H groups in total. The first-order valence-electron chi connectivity index (χ1n) is 13.6. The Labute approximate surface area is 274 Å². The van der Waals surface area contributed by atoms with Gasteiger partial charge in [-0.2, -0.15) is 0 Å². The van der Waals surface area contributed by atoms with Crippen molar-refractivity contribution in [2.24, 2.45) is 23.3 Å². The Kier molecular flexibility index (Phi) is 11.5. The van der Waals surface area contributed by atoms with E-state index in [2.05, 4.69) is 0 Å². The number of benzene rings is 2. The number of piperidine rings is 2. The molecule has 0 unspecified atom stereocenters. The summed E-state index contributed by atoms with van der Waals surface area (Å²) in [5.41, 5.74) is 11.9. The Balaban J connectivity index is 1.39. The van der Waals surface area contributed by atoms with Gasteiger partial charge < -0.3 is 21.3 Å². The summed E-state index contributed by atoms with van der Waals surface area (Å²) in [5, 5.41) is 1.16. The van der Waals surface area contributed by atoms with Gasteiger partial charge in [-0.1, -0.05) is 70.3 Å². The van der Waals surface area contributed by atoms with E-state index >= 15 is 0 Å². The van der Waals surface area contributed by atoms with Crippen molar-refractivity contribution < 1.29 is 19.2 Å². The molecule has 2 aromatic carbocycles. The third kappa shape index (κ3) is 8.28. The molecule has 8 nitrogen and oxygen atoms in total. The van der Waals surface area contributed by atoms with Crippen LogP contribution in [0.1, 0.15) is 36.8 Å². The van der Waals surface area contributed by atoms with Crippen molar-refractivity contribution in [2.75, 3.05) is 26.2 Å². The minimum atomic E-state index is -0.332. The molecule has 2 aliphatic heterocycles. The fraction of sp³-hybridized carbons (Fsp3) is 0.333. The van der Waals surface area contributed by atoms with Gasteiger partial charge >= 0.3 is 0 Å². The van der Waals surface area contributed by atoms with Crippen molar-refractivity contribution in [3.8, 4) is 0 Å². The predicted octanol–water partition coefficient (Wildman–Crippen LogP) is 5.93. The largest absolute Gasteiger partial charge is 0.369 e. The number of nitrogens with two attached hydrogens (primary N) is 2. The van der Waals surface area contributed by atoms with Gasteiger partial charge in [0, 0.05) is 60.0 Å². The monoisotopic (exact) mass is 682 g/mol. The molecule has 0 spiro atoms.